The number of hydrogen-bond acceptors (Lipinski definition) is 7. The summed E-state index contributed by atoms with van der Waals surface area (Å²) in [5.41, 5.74) is 7.90. The molecule has 0 aliphatic carbocycles. The molecule has 6 rings (SSSR count). The fraction of sp³-hybridized carbons (Fsp3) is 0.556. The Balaban J connectivity index is 1.27. The van der Waals surface area contributed by atoms with E-state index in [9.17, 15) is 4.79 Å². The van der Waals surface area contributed by atoms with Gasteiger partial charge in [0, 0.05) is 43.7 Å². The third-order valence-corrected chi connectivity index (χ3v) is 8.96. The second kappa shape index (κ2) is 9.54. The van der Waals surface area contributed by atoms with Crippen molar-refractivity contribution in [2.45, 2.75) is 64.5 Å². The van der Waals surface area contributed by atoms with E-state index in [1.54, 1.807) is 0 Å². The summed E-state index contributed by atoms with van der Waals surface area (Å²) in [4.78, 5) is 23.7. The molecule has 5 heterocycles. The molecule has 1 amide bonds. The van der Waals surface area contributed by atoms with E-state index in [0.29, 0.717) is 0 Å². The summed E-state index contributed by atoms with van der Waals surface area (Å²) in [5, 5.41) is 2.07. The quantitative estimate of drug-likeness (QED) is 0.636. The van der Waals surface area contributed by atoms with E-state index in [0.717, 1.165) is 79.7 Å². The van der Waals surface area contributed by atoms with Gasteiger partial charge in [-0.15, -0.1) is 0 Å². The lowest BCUT2D eigenvalue weighted by molar-refractivity contribution is 0.0562. The van der Waals surface area contributed by atoms with Gasteiger partial charge in [0.05, 0.1) is 23.3 Å². The van der Waals surface area contributed by atoms with Crippen molar-refractivity contribution in [1.29, 1.82) is 0 Å². The van der Waals surface area contributed by atoms with Crippen LogP contribution in [-0.2, 0) is 0 Å². The zero-order valence-electron chi connectivity index (χ0n) is 20.9. The van der Waals surface area contributed by atoms with Gasteiger partial charge in [-0.2, -0.15) is 0 Å². The number of carbonyl (C=O) groups is 1. The predicted octanol–water partition coefficient (Wildman–Crippen LogP) is 4.29. The molecule has 1 aromatic rings. The van der Waals surface area contributed by atoms with E-state index in [1.165, 1.54) is 24.8 Å². The maximum Gasteiger partial charge on any atom is 0.256 e. The van der Waals surface area contributed by atoms with Crippen molar-refractivity contribution in [3.05, 3.63) is 53.0 Å². The minimum absolute atomic E-state index is 0.0643. The topological polar surface area (TPSA) is 54.4 Å². The molecular formula is C27H36N6OS. The number of hydrazine groups is 1. The number of hydrogen-bond donors (Lipinski definition) is 1. The lowest BCUT2D eigenvalue weighted by atomic mass is 9.94. The summed E-state index contributed by atoms with van der Waals surface area (Å²) in [6, 6.07) is 6.54. The molecule has 7 nitrogen and oxygen atoms in total. The van der Waals surface area contributed by atoms with Gasteiger partial charge >= 0.3 is 0 Å². The fourth-order valence-corrected chi connectivity index (χ4v) is 7.04. The number of rotatable bonds is 3. The number of anilines is 1. The van der Waals surface area contributed by atoms with Gasteiger partial charge in [0.15, 0.2) is 0 Å². The number of likely N-dealkylation sites (tertiary alicyclic amines) is 2. The van der Waals surface area contributed by atoms with Gasteiger partial charge in [-0.1, -0.05) is 11.6 Å². The van der Waals surface area contributed by atoms with Crippen molar-refractivity contribution in [2.75, 3.05) is 36.2 Å². The molecule has 0 bridgehead atoms. The Morgan fingerprint density at radius 2 is 1.89 bits per heavy atom. The molecule has 0 saturated carbocycles. The SMILES string of the molecule is CC1=CN2NC(C3CCCCN3C(=O)c3cc(C)ccc3N3CCCS3)C=C2N=C1N1CCCC1. The van der Waals surface area contributed by atoms with Gasteiger partial charge in [-0.05, 0) is 82.5 Å². The molecule has 3 saturated heterocycles. The van der Waals surface area contributed by atoms with Gasteiger partial charge in [-0.25, -0.2) is 10.4 Å². The average Bonchev–Trinajstić information content (AvgIpc) is 3.65. The first kappa shape index (κ1) is 23.0. The number of amidine groups is 1. The Bertz CT molecular complexity index is 1090. The highest BCUT2D eigenvalue weighted by atomic mass is 32.2. The molecule has 2 atom stereocenters. The van der Waals surface area contributed by atoms with Crippen LogP contribution >= 0.6 is 11.9 Å². The Labute approximate surface area is 213 Å². The molecule has 1 N–H and O–H groups in total. The fourth-order valence-electron chi connectivity index (χ4n) is 6.01. The molecule has 186 valence electrons. The van der Waals surface area contributed by atoms with E-state index >= 15 is 0 Å². The first-order valence-electron chi connectivity index (χ1n) is 13.2. The number of aryl methyl sites for hydroxylation is 1. The molecule has 35 heavy (non-hydrogen) atoms. The highest BCUT2D eigenvalue weighted by molar-refractivity contribution is 8.00. The third kappa shape index (κ3) is 4.35. The largest absolute Gasteiger partial charge is 0.356 e. The number of fused-ring (bicyclic) bond motifs is 1. The number of nitrogens with one attached hydrogen (secondary N) is 1. The van der Waals surface area contributed by atoms with Gasteiger partial charge in [0.2, 0.25) is 0 Å². The van der Waals surface area contributed by atoms with Gasteiger partial charge < -0.3 is 14.1 Å². The summed E-state index contributed by atoms with van der Waals surface area (Å²) in [5.74, 6) is 3.36. The highest BCUT2D eigenvalue weighted by Gasteiger charge is 2.38. The van der Waals surface area contributed by atoms with Crippen molar-refractivity contribution in [3.8, 4) is 0 Å². The molecule has 1 aromatic carbocycles. The molecular weight excluding hydrogens is 456 g/mol. The molecule has 5 aliphatic heterocycles. The summed E-state index contributed by atoms with van der Waals surface area (Å²) < 4.78 is 2.31. The van der Waals surface area contributed by atoms with E-state index < -0.39 is 0 Å². The van der Waals surface area contributed by atoms with Crippen LogP contribution in [0.2, 0.25) is 0 Å². The van der Waals surface area contributed by atoms with Crippen molar-refractivity contribution in [2.24, 2.45) is 4.99 Å². The standard InChI is InChI=1S/C27H36N6OS/c1-19-9-10-23(33-14-7-15-35-33)21(16-19)27(34)31-13-4-3-8-24(31)22-17-25-28-26(30-11-5-6-12-30)20(2)18-32(25)29-22/h9-10,16-18,22,24,29H,3-8,11-15H2,1-2H3. The summed E-state index contributed by atoms with van der Waals surface area (Å²) in [6.45, 7) is 8.22. The van der Waals surface area contributed by atoms with Crippen LogP contribution < -0.4 is 9.73 Å². The molecule has 5 aliphatic rings. The first-order chi connectivity index (χ1) is 17.1. The number of amides is 1. The molecule has 0 aromatic heterocycles. The first-order valence-corrected chi connectivity index (χ1v) is 14.1. The minimum Gasteiger partial charge on any atom is -0.356 e. The van der Waals surface area contributed by atoms with Gasteiger partial charge in [0.25, 0.3) is 5.91 Å². The third-order valence-electron chi connectivity index (χ3n) is 7.79. The summed E-state index contributed by atoms with van der Waals surface area (Å²) >= 11 is 1.84. The van der Waals surface area contributed by atoms with Crippen LogP contribution in [0.1, 0.15) is 61.4 Å². The Hall–Kier alpha value is -2.45. The van der Waals surface area contributed by atoms with Crippen LogP contribution in [0.5, 0.6) is 0 Å². The number of aliphatic imine (C=N–C) groups is 1. The zero-order chi connectivity index (χ0) is 23.9. The van der Waals surface area contributed by atoms with Crippen LogP contribution in [0, 0.1) is 6.92 Å². The normalized spacial score (nSPS) is 26.6. The van der Waals surface area contributed by atoms with Crippen LogP contribution in [-0.4, -0.2) is 70.6 Å². The Kier molecular flexibility index (Phi) is 6.26. The van der Waals surface area contributed by atoms with Crippen LogP contribution in [0.3, 0.4) is 0 Å². The van der Waals surface area contributed by atoms with Gasteiger partial charge in [0.1, 0.15) is 11.7 Å². The number of piperidine rings is 1. The van der Waals surface area contributed by atoms with Crippen molar-refractivity contribution in [3.63, 3.8) is 0 Å². The van der Waals surface area contributed by atoms with Crippen molar-refractivity contribution in [1.82, 2.24) is 20.2 Å². The zero-order valence-corrected chi connectivity index (χ0v) is 21.7. The van der Waals surface area contributed by atoms with Crippen LogP contribution in [0.15, 0.2) is 46.9 Å². The number of nitrogens with zero attached hydrogens (tertiary/aromatic N) is 5. The molecule has 3 fully saturated rings. The van der Waals surface area contributed by atoms with Gasteiger partial charge in [-0.3, -0.25) is 9.80 Å². The van der Waals surface area contributed by atoms with E-state index in [2.05, 4.69) is 68.9 Å². The van der Waals surface area contributed by atoms with Crippen LogP contribution in [0.4, 0.5) is 5.69 Å². The Morgan fingerprint density at radius 1 is 1.06 bits per heavy atom. The summed E-state index contributed by atoms with van der Waals surface area (Å²) in [6.07, 6.45) is 11.3. The van der Waals surface area contributed by atoms with E-state index in [-0.39, 0.29) is 18.0 Å². The smallest absolute Gasteiger partial charge is 0.256 e. The molecule has 0 radical (unpaired) electrons. The monoisotopic (exact) mass is 492 g/mol. The second-order valence-corrected chi connectivity index (χ2v) is 11.5. The lowest BCUT2D eigenvalue weighted by Crippen LogP contribution is -2.54. The maximum atomic E-state index is 14.1. The van der Waals surface area contributed by atoms with Crippen molar-refractivity contribution >= 4 is 29.4 Å². The Morgan fingerprint density at radius 3 is 2.69 bits per heavy atom. The summed E-state index contributed by atoms with van der Waals surface area (Å²) in [7, 11) is 0. The average molecular weight is 493 g/mol. The number of benzene rings is 1. The van der Waals surface area contributed by atoms with Crippen LogP contribution in [0.25, 0.3) is 0 Å². The molecule has 8 heteroatoms. The predicted molar refractivity (Wildman–Crippen MR) is 143 cm³/mol. The highest BCUT2D eigenvalue weighted by Crippen LogP contribution is 2.35. The van der Waals surface area contributed by atoms with E-state index in [4.69, 9.17) is 4.99 Å². The minimum atomic E-state index is 0.0643. The van der Waals surface area contributed by atoms with Crippen molar-refractivity contribution < 1.29 is 4.79 Å². The maximum absolute atomic E-state index is 14.1. The number of carbonyl (C=O) groups excluding carboxylic acids is 1. The second-order valence-electron chi connectivity index (χ2n) is 10.4. The molecule has 2 unspecified atom stereocenters. The van der Waals surface area contributed by atoms with E-state index in [1.807, 2.05) is 11.9 Å². The molecule has 0 spiro atoms. The lowest BCUT2D eigenvalue weighted by Gasteiger charge is -2.39.